The summed E-state index contributed by atoms with van der Waals surface area (Å²) in [7, 11) is 0. The highest BCUT2D eigenvalue weighted by atomic mass is 32.2. The number of amides is 1. The van der Waals surface area contributed by atoms with Crippen molar-refractivity contribution in [3.05, 3.63) is 42.2 Å². The van der Waals surface area contributed by atoms with Gasteiger partial charge in [0.2, 0.25) is 5.95 Å². The second kappa shape index (κ2) is 8.67. The van der Waals surface area contributed by atoms with Crippen LogP contribution >= 0.6 is 11.8 Å². The van der Waals surface area contributed by atoms with Crippen LogP contribution in [0.5, 0.6) is 0 Å². The summed E-state index contributed by atoms with van der Waals surface area (Å²) < 4.78 is 5.62. The molecule has 3 fully saturated rings. The molecule has 1 aliphatic heterocycles. The number of alkyl carbamates (subject to hydrolysis) is 1. The highest BCUT2D eigenvalue weighted by molar-refractivity contribution is 8.00. The summed E-state index contributed by atoms with van der Waals surface area (Å²) in [5, 5.41) is 10.2. The van der Waals surface area contributed by atoms with Gasteiger partial charge < -0.3 is 20.7 Å². The normalized spacial score (nSPS) is 24.3. The van der Waals surface area contributed by atoms with Crippen molar-refractivity contribution in [1.82, 2.24) is 20.6 Å². The van der Waals surface area contributed by atoms with E-state index in [4.69, 9.17) is 4.74 Å². The maximum Gasteiger partial charge on any atom is 0.407 e. The van der Waals surface area contributed by atoms with Crippen molar-refractivity contribution >= 4 is 29.5 Å². The van der Waals surface area contributed by atoms with Crippen LogP contribution in [0.1, 0.15) is 50.5 Å². The molecule has 1 aromatic heterocycles. The SMILES string of the molecule is CC1(NC(=O)OC2CCC(c3cnc(Nc4ccc(SC5CNC5)cc4)nc3)C2)CC1. The van der Waals surface area contributed by atoms with E-state index in [2.05, 4.69) is 57.1 Å². The van der Waals surface area contributed by atoms with Gasteiger partial charge in [-0.2, -0.15) is 0 Å². The van der Waals surface area contributed by atoms with Crippen LogP contribution < -0.4 is 16.0 Å². The van der Waals surface area contributed by atoms with Gasteiger partial charge in [0.05, 0.1) is 0 Å². The van der Waals surface area contributed by atoms with Gasteiger partial charge in [-0.05, 0) is 74.8 Å². The van der Waals surface area contributed by atoms with Gasteiger partial charge in [-0.3, -0.25) is 0 Å². The van der Waals surface area contributed by atoms with Crippen LogP contribution in [0.2, 0.25) is 0 Å². The first-order valence-electron chi connectivity index (χ1n) is 11.1. The van der Waals surface area contributed by atoms with Gasteiger partial charge in [0.15, 0.2) is 0 Å². The van der Waals surface area contributed by atoms with Crippen molar-refractivity contribution in [1.29, 1.82) is 0 Å². The van der Waals surface area contributed by atoms with E-state index in [1.54, 1.807) is 0 Å². The number of rotatable bonds is 7. The van der Waals surface area contributed by atoms with E-state index in [1.807, 2.05) is 24.2 Å². The Morgan fingerprint density at radius 2 is 1.90 bits per heavy atom. The molecular formula is C23H29N5O2S. The first-order valence-corrected chi connectivity index (χ1v) is 12.0. The van der Waals surface area contributed by atoms with Gasteiger partial charge in [0, 0.05) is 46.9 Å². The molecule has 5 rings (SSSR count). The Hall–Kier alpha value is -2.32. The molecule has 0 spiro atoms. The molecule has 2 aliphatic carbocycles. The standard InChI is InChI=1S/C23H29N5O2S/c1-23(8-9-23)28-22(29)30-18-5-2-15(10-18)16-11-25-21(26-12-16)27-17-3-6-19(7-4-17)31-20-13-24-14-20/h3-4,6-7,11-12,15,18,20,24H,2,5,8-10,13-14H2,1H3,(H,28,29)(H,25,26,27). The van der Waals surface area contributed by atoms with Gasteiger partial charge in [-0.1, -0.05) is 0 Å². The second-order valence-electron chi connectivity index (χ2n) is 9.11. The summed E-state index contributed by atoms with van der Waals surface area (Å²) in [4.78, 5) is 22.3. The van der Waals surface area contributed by atoms with Gasteiger partial charge in [-0.25, -0.2) is 14.8 Å². The molecule has 8 heteroatoms. The highest BCUT2D eigenvalue weighted by Gasteiger charge is 2.40. The third-order valence-corrected chi connectivity index (χ3v) is 7.57. The van der Waals surface area contributed by atoms with Crippen LogP contribution in [0.15, 0.2) is 41.6 Å². The summed E-state index contributed by atoms with van der Waals surface area (Å²) in [5.74, 6) is 0.927. The van der Waals surface area contributed by atoms with Crippen molar-refractivity contribution in [3.8, 4) is 0 Å². The summed E-state index contributed by atoms with van der Waals surface area (Å²) >= 11 is 1.91. The molecule has 0 radical (unpaired) electrons. The van der Waals surface area contributed by atoms with Crippen LogP contribution in [0.25, 0.3) is 0 Å². The fourth-order valence-electron chi connectivity index (χ4n) is 3.99. The largest absolute Gasteiger partial charge is 0.446 e. The Labute approximate surface area is 187 Å². The third kappa shape index (κ3) is 5.30. The fourth-order valence-corrected chi connectivity index (χ4v) is 5.07. The maximum absolute atomic E-state index is 12.0. The molecule has 3 N–H and O–H groups in total. The molecule has 31 heavy (non-hydrogen) atoms. The fraction of sp³-hybridized carbons (Fsp3) is 0.522. The number of carbonyl (C=O) groups is 1. The predicted octanol–water partition coefficient (Wildman–Crippen LogP) is 4.20. The summed E-state index contributed by atoms with van der Waals surface area (Å²) in [6.45, 7) is 4.23. The zero-order valence-corrected chi connectivity index (χ0v) is 18.6. The van der Waals surface area contributed by atoms with E-state index in [1.165, 1.54) is 4.90 Å². The summed E-state index contributed by atoms with van der Waals surface area (Å²) in [6.07, 6.45) is 8.24. The van der Waals surface area contributed by atoms with Gasteiger partial charge >= 0.3 is 6.09 Å². The Balaban J connectivity index is 1.11. The van der Waals surface area contributed by atoms with E-state index in [0.717, 1.165) is 56.4 Å². The van der Waals surface area contributed by atoms with Gasteiger partial charge in [0.1, 0.15) is 6.10 Å². The lowest BCUT2D eigenvalue weighted by molar-refractivity contribution is 0.0967. The van der Waals surface area contributed by atoms with Crippen molar-refractivity contribution < 1.29 is 9.53 Å². The van der Waals surface area contributed by atoms with Crippen molar-refractivity contribution in [2.24, 2.45) is 0 Å². The minimum atomic E-state index is -0.282. The number of nitrogens with one attached hydrogen (secondary N) is 3. The van der Waals surface area contributed by atoms with Gasteiger partial charge in [0.25, 0.3) is 0 Å². The number of ether oxygens (including phenoxy) is 1. The predicted molar refractivity (Wildman–Crippen MR) is 122 cm³/mol. The molecule has 2 unspecified atom stereocenters. The Kier molecular flexibility index (Phi) is 5.75. The highest BCUT2D eigenvalue weighted by Crippen LogP contribution is 2.37. The Morgan fingerprint density at radius 1 is 1.16 bits per heavy atom. The molecule has 3 aliphatic rings. The second-order valence-corrected chi connectivity index (χ2v) is 10.5. The number of benzene rings is 1. The average Bonchev–Trinajstić information content (AvgIpc) is 3.26. The average molecular weight is 440 g/mol. The van der Waals surface area contributed by atoms with Crippen LogP contribution in [0.3, 0.4) is 0 Å². The zero-order chi connectivity index (χ0) is 21.3. The summed E-state index contributed by atoms with van der Waals surface area (Å²) in [6, 6.07) is 8.41. The number of nitrogens with zero attached hydrogens (tertiary/aromatic N) is 2. The van der Waals surface area contributed by atoms with Crippen LogP contribution in [-0.2, 0) is 4.74 Å². The number of anilines is 2. The third-order valence-electron chi connectivity index (χ3n) is 6.36. The molecular weight excluding hydrogens is 410 g/mol. The molecule has 164 valence electrons. The molecule has 2 aromatic rings. The van der Waals surface area contributed by atoms with E-state index >= 15 is 0 Å². The molecule has 0 bridgehead atoms. The monoisotopic (exact) mass is 439 g/mol. The molecule has 7 nitrogen and oxygen atoms in total. The number of thioether (sulfide) groups is 1. The summed E-state index contributed by atoms with van der Waals surface area (Å²) in [5.41, 5.74) is 2.04. The first-order chi connectivity index (χ1) is 15.0. The van der Waals surface area contributed by atoms with Crippen LogP contribution in [0.4, 0.5) is 16.4 Å². The minimum Gasteiger partial charge on any atom is -0.446 e. The number of aromatic nitrogens is 2. The Bertz CT molecular complexity index is 913. The maximum atomic E-state index is 12.0. The van der Waals surface area contributed by atoms with Crippen LogP contribution in [-0.4, -0.2) is 46.0 Å². The molecule has 2 saturated carbocycles. The van der Waals surface area contributed by atoms with Crippen molar-refractivity contribution in [3.63, 3.8) is 0 Å². The smallest absolute Gasteiger partial charge is 0.407 e. The van der Waals surface area contributed by atoms with E-state index in [0.29, 0.717) is 17.1 Å². The van der Waals surface area contributed by atoms with Crippen molar-refractivity contribution in [2.45, 2.75) is 66.7 Å². The van der Waals surface area contributed by atoms with Crippen LogP contribution in [0, 0.1) is 0 Å². The first kappa shape index (κ1) is 20.6. The Morgan fingerprint density at radius 3 is 2.55 bits per heavy atom. The number of hydrogen-bond acceptors (Lipinski definition) is 7. The lowest BCUT2D eigenvalue weighted by Crippen LogP contribution is -2.44. The van der Waals surface area contributed by atoms with E-state index < -0.39 is 0 Å². The lowest BCUT2D eigenvalue weighted by atomic mass is 10.0. The molecule has 1 aromatic carbocycles. The molecule has 2 atom stereocenters. The quantitative estimate of drug-likeness (QED) is 0.596. The molecule has 1 amide bonds. The van der Waals surface area contributed by atoms with E-state index in [9.17, 15) is 4.79 Å². The number of hydrogen-bond donors (Lipinski definition) is 3. The van der Waals surface area contributed by atoms with Gasteiger partial charge in [-0.15, -0.1) is 11.8 Å². The lowest BCUT2D eigenvalue weighted by Gasteiger charge is -2.26. The molecule has 1 saturated heterocycles. The number of carbonyl (C=O) groups excluding carboxylic acids is 1. The van der Waals surface area contributed by atoms with E-state index in [-0.39, 0.29) is 17.7 Å². The topological polar surface area (TPSA) is 88.2 Å². The van der Waals surface area contributed by atoms with Crippen molar-refractivity contribution in [2.75, 3.05) is 18.4 Å². The molecule has 2 heterocycles. The zero-order valence-electron chi connectivity index (χ0n) is 17.8. The minimum absolute atomic E-state index is 0.0303.